The van der Waals surface area contributed by atoms with E-state index in [2.05, 4.69) is 10.1 Å². The van der Waals surface area contributed by atoms with Gasteiger partial charge in [0, 0.05) is 0 Å². The van der Waals surface area contributed by atoms with Crippen LogP contribution in [0.2, 0.25) is 0 Å². The Kier molecular flexibility index (Phi) is 3.41. The second-order valence-corrected chi connectivity index (χ2v) is 3.95. The number of hydrogen-bond donors (Lipinski definition) is 1. The fourth-order valence-corrected chi connectivity index (χ4v) is 1.46. The van der Waals surface area contributed by atoms with Gasteiger partial charge in [0.2, 0.25) is 5.82 Å². The van der Waals surface area contributed by atoms with Crippen LogP contribution in [0.15, 0.2) is 34.4 Å². The largest absolute Gasteiger partial charge is 0.394 e. The van der Waals surface area contributed by atoms with E-state index in [0.717, 1.165) is 12.0 Å². The molecule has 0 radical (unpaired) electrons. The van der Waals surface area contributed by atoms with Crippen LogP contribution in [0.3, 0.4) is 0 Å². The summed E-state index contributed by atoms with van der Waals surface area (Å²) in [7, 11) is 0. The third-order valence-electron chi connectivity index (χ3n) is 2.76. The van der Waals surface area contributed by atoms with E-state index in [1.54, 1.807) is 18.2 Å². The van der Waals surface area contributed by atoms with Gasteiger partial charge in [-0.2, -0.15) is 4.98 Å². The van der Waals surface area contributed by atoms with E-state index in [1.165, 1.54) is 6.07 Å². The summed E-state index contributed by atoms with van der Waals surface area (Å²) >= 11 is 0. The van der Waals surface area contributed by atoms with E-state index >= 15 is 0 Å². The Hall–Kier alpha value is -2.17. The molecule has 0 saturated carbocycles. The summed E-state index contributed by atoms with van der Waals surface area (Å²) in [5, 5.41) is 3.74. The highest BCUT2D eigenvalue weighted by molar-refractivity contribution is 5.62. The van der Waals surface area contributed by atoms with Crippen molar-refractivity contribution in [3.8, 4) is 11.4 Å². The minimum absolute atomic E-state index is 0.204. The fourth-order valence-electron chi connectivity index (χ4n) is 1.46. The molecule has 1 aromatic heterocycles. The Balaban J connectivity index is 2.41. The summed E-state index contributed by atoms with van der Waals surface area (Å²) in [5.74, 6) is 0.0437. The Morgan fingerprint density at radius 1 is 1.39 bits per heavy atom. The normalized spacial score (nSPS) is 12.4. The van der Waals surface area contributed by atoms with E-state index < -0.39 is 0 Å². The van der Waals surface area contributed by atoms with Gasteiger partial charge >= 0.3 is 0 Å². The third-order valence-corrected chi connectivity index (χ3v) is 2.76. The van der Waals surface area contributed by atoms with Crippen LogP contribution in [-0.2, 0) is 0 Å². The van der Waals surface area contributed by atoms with Crippen molar-refractivity contribution in [2.24, 2.45) is 5.73 Å². The molecule has 0 spiro atoms. The van der Waals surface area contributed by atoms with Crippen LogP contribution in [0.5, 0.6) is 0 Å². The molecule has 1 heterocycles. The van der Waals surface area contributed by atoms with Gasteiger partial charge in [-0.1, -0.05) is 24.2 Å². The number of aromatic nitrogens is 2. The molecule has 0 amide bonds. The van der Waals surface area contributed by atoms with E-state index in [9.17, 15) is 4.39 Å². The Morgan fingerprint density at radius 2 is 2.11 bits per heavy atom. The number of halogens is 1. The maximum atomic E-state index is 13.5. The minimum Gasteiger partial charge on any atom is -0.394 e. The predicted octanol–water partition coefficient (Wildman–Crippen LogP) is 2.98. The molecular formula is C13H14FN3O. The van der Waals surface area contributed by atoms with E-state index in [1.807, 2.05) is 13.8 Å². The molecule has 0 fully saturated rings. The number of hydrogen-bond acceptors (Lipinski definition) is 4. The molecule has 0 aliphatic heterocycles. The number of nitrogens with two attached hydrogens (primary N) is 1. The molecule has 1 aromatic carbocycles. The van der Waals surface area contributed by atoms with Gasteiger partial charge in [-0.25, -0.2) is 4.39 Å². The lowest BCUT2D eigenvalue weighted by molar-refractivity contribution is 0.407. The monoisotopic (exact) mass is 247 g/mol. The molecule has 0 aliphatic carbocycles. The summed E-state index contributed by atoms with van der Waals surface area (Å²) in [5.41, 5.74) is 7.58. The van der Waals surface area contributed by atoms with Gasteiger partial charge < -0.3 is 10.3 Å². The molecule has 0 bridgehead atoms. The molecule has 94 valence electrons. The van der Waals surface area contributed by atoms with Gasteiger partial charge in [0.05, 0.1) is 11.3 Å². The highest BCUT2D eigenvalue weighted by Gasteiger charge is 2.14. The first-order chi connectivity index (χ1) is 8.63. The van der Waals surface area contributed by atoms with Crippen molar-refractivity contribution < 1.29 is 8.91 Å². The highest BCUT2D eigenvalue weighted by Crippen LogP contribution is 2.21. The van der Waals surface area contributed by atoms with Gasteiger partial charge in [-0.3, -0.25) is 0 Å². The lowest BCUT2D eigenvalue weighted by Crippen LogP contribution is -2.00. The van der Waals surface area contributed by atoms with E-state index in [4.69, 9.17) is 10.3 Å². The van der Waals surface area contributed by atoms with Gasteiger partial charge in [0.1, 0.15) is 5.82 Å². The Morgan fingerprint density at radius 3 is 2.78 bits per heavy atom. The molecular weight excluding hydrogens is 233 g/mol. The smallest absolute Gasteiger partial charge is 0.274 e. The molecule has 0 unspecified atom stereocenters. The molecule has 2 N–H and O–H groups in total. The number of rotatable bonds is 3. The SMILES string of the molecule is CC/C(C)=C(/N)c1nc(-c2ccccc2F)no1. The first-order valence-electron chi connectivity index (χ1n) is 5.67. The number of nitrogens with zero attached hydrogens (tertiary/aromatic N) is 2. The predicted molar refractivity (Wildman–Crippen MR) is 66.8 cm³/mol. The lowest BCUT2D eigenvalue weighted by Gasteiger charge is -1.98. The van der Waals surface area contributed by atoms with Gasteiger partial charge in [0.15, 0.2) is 0 Å². The van der Waals surface area contributed by atoms with Gasteiger partial charge in [-0.15, -0.1) is 0 Å². The first kappa shape index (κ1) is 12.3. The van der Waals surface area contributed by atoms with Crippen LogP contribution in [0.1, 0.15) is 26.2 Å². The quantitative estimate of drug-likeness (QED) is 0.905. The maximum absolute atomic E-state index is 13.5. The van der Waals surface area contributed by atoms with E-state index in [-0.39, 0.29) is 17.5 Å². The Labute approximate surface area is 104 Å². The van der Waals surface area contributed by atoms with E-state index in [0.29, 0.717) is 11.3 Å². The highest BCUT2D eigenvalue weighted by atomic mass is 19.1. The standard InChI is InChI=1S/C13H14FN3O/c1-3-8(2)11(15)13-16-12(17-18-13)9-6-4-5-7-10(9)14/h4-7H,3,15H2,1-2H3/b11-8+. The molecule has 4 nitrogen and oxygen atoms in total. The Bertz CT molecular complexity index is 589. The van der Waals surface area contributed by atoms with Crippen molar-refractivity contribution in [2.45, 2.75) is 20.3 Å². The second kappa shape index (κ2) is 5.00. The van der Waals surface area contributed by atoms with Crippen LogP contribution >= 0.6 is 0 Å². The fraction of sp³-hybridized carbons (Fsp3) is 0.231. The molecule has 2 aromatic rings. The van der Waals surface area contributed by atoms with Crippen LogP contribution < -0.4 is 5.73 Å². The van der Waals surface area contributed by atoms with Gasteiger partial charge in [-0.05, 0) is 31.1 Å². The van der Waals surface area contributed by atoms with Crippen molar-refractivity contribution in [2.75, 3.05) is 0 Å². The number of allylic oxidation sites excluding steroid dienone is 1. The summed E-state index contributed by atoms with van der Waals surface area (Å²) < 4.78 is 18.6. The third kappa shape index (κ3) is 2.25. The average Bonchev–Trinajstić information content (AvgIpc) is 2.87. The van der Waals surface area contributed by atoms with Crippen molar-refractivity contribution in [1.82, 2.24) is 10.1 Å². The first-order valence-corrected chi connectivity index (χ1v) is 5.67. The summed E-state index contributed by atoms with van der Waals surface area (Å²) in [6.45, 7) is 3.87. The minimum atomic E-state index is -0.389. The van der Waals surface area contributed by atoms with Crippen LogP contribution in [0.4, 0.5) is 4.39 Å². The molecule has 18 heavy (non-hydrogen) atoms. The number of benzene rings is 1. The summed E-state index contributed by atoms with van der Waals surface area (Å²) in [6.07, 6.45) is 0.795. The van der Waals surface area contributed by atoms with Crippen molar-refractivity contribution in [3.63, 3.8) is 0 Å². The van der Waals surface area contributed by atoms with Crippen molar-refractivity contribution >= 4 is 5.70 Å². The topological polar surface area (TPSA) is 64.9 Å². The lowest BCUT2D eigenvalue weighted by atomic mass is 10.2. The molecule has 5 heteroatoms. The zero-order chi connectivity index (χ0) is 13.1. The molecule has 0 atom stereocenters. The summed E-state index contributed by atoms with van der Waals surface area (Å²) in [4.78, 5) is 4.11. The van der Waals surface area contributed by atoms with Crippen LogP contribution in [-0.4, -0.2) is 10.1 Å². The van der Waals surface area contributed by atoms with Gasteiger partial charge in [0.25, 0.3) is 5.89 Å². The second-order valence-electron chi connectivity index (χ2n) is 3.95. The summed E-state index contributed by atoms with van der Waals surface area (Å²) in [6, 6.07) is 6.26. The van der Waals surface area contributed by atoms with Crippen molar-refractivity contribution in [3.05, 3.63) is 41.5 Å². The average molecular weight is 247 g/mol. The van der Waals surface area contributed by atoms with Crippen LogP contribution in [0.25, 0.3) is 17.1 Å². The zero-order valence-electron chi connectivity index (χ0n) is 10.3. The zero-order valence-corrected chi connectivity index (χ0v) is 10.3. The maximum Gasteiger partial charge on any atom is 0.274 e. The molecule has 0 aliphatic rings. The van der Waals surface area contributed by atoms with Crippen LogP contribution in [0, 0.1) is 5.82 Å². The van der Waals surface area contributed by atoms with Crippen molar-refractivity contribution in [1.29, 1.82) is 0 Å². The molecule has 2 rings (SSSR count). The molecule has 0 saturated heterocycles.